The van der Waals surface area contributed by atoms with Gasteiger partial charge in [-0.3, -0.25) is 9.59 Å². The summed E-state index contributed by atoms with van der Waals surface area (Å²) in [6, 6.07) is 2.65. The number of nitrogens with two attached hydrogens (primary N) is 2. The van der Waals surface area contributed by atoms with Gasteiger partial charge in [0.15, 0.2) is 0 Å². The predicted octanol–water partition coefficient (Wildman–Crippen LogP) is 1.91. The standard InChI is InChI=1S/C12H15Cl2N3O2/c1-6(2)17(5-10(15)18)12(19)7-3-8(13)11(16)9(14)4-7/h3-4,6H,5,16H2,1-2H3,(H2,15,18). The molecule has 2 amide bonds. The summed E-state index contributed by atoms with van der Waals surface area (Å²) >= 11 is 11.8. The Morgan fingerprint density at radius 1 is 1.26 bits per heavy atom. The summed E-state index contributed by atoms with van der Waals surface area (Å²) in [7, 11) is 0. The molecule has 1 aromatic rings. The lowest BCUT2D eigenvalue weighted by Crippen LogP contribution is -2.42. The molecule has 0 radical (unpaired) electrons. The Morgan fingerprint density at radius 3 is 2.11 bits per heavy atom. The first kappa shape index (κ1) is 15.6. The number of anilines is 1. The number of carbonyl (C=O) groups excluding carboxylic acids is 2. The van der Waals surface area contributed by atoms with Crippen molar-refractivity contribution in [3.05, 3.63) is 27.7 Å². The van der Waals surface area contributed by atoms with Crippen LogP contribution >= 0.6 is 23.2 Å². The van der Waals surface area contributed by atoms with Crippen LogP contribution in [0.15, 0.2) is 12.1 Å². The maximum Gasteiger partial charge on any atom is 0.254 e. The van der Waals surface area contributed by atoms with Crippen molar-refractivity contribution in [2.24, 2.45) is 5.73 Å². The van der Waals surface area contributed by atoms with E-state index in [0.717, 1.165) is 0 Å². The lowest BCUT2D eigenvalue weighted by molar-refractivity contribution is -0.119. The molecule has 0 bridgehead atoms. The van der Waals surface area contributed by atoms with Crippen LogP contribution in [-0.4, -0.2) is 29.3 Å². The highest BCUT2D eigenvalue weighted by Gasteiger charge is 2.22. The predicted molar refractivity (Wildman–Crippen MR) is 76.2 cm³/mol. The molecule has 1 rings (SSSR count). The van der Waals surface area contributed by atoms with Crippen molar-refractivity contribution in [3.63, 3.8) is 0 Å². The first-order valence-electron chi connectivity index (χ1n) is 5.57. The third kappa shape index (κ3) is 3.75. The van der Waals surface area contributed by atoms with Gasteiger partial charge in [-0.25, -0.2) is 0 Å². The van der Waals surface area contributed by atoms with Gasteiger partial charge in [0.1, 0.15) is 0 Å². The van der Waals surface area contributed by atoms with Gasteiger partial charge in [0.05, 0.1) is 22.3 Å². The van der Waals surface area contributed by atoms with Gasteiger partial charge < -0.3 is 16.4 Å². The quantitative estimate of drug-likeness (QED) is 0.833. The molecular formula is C12H15Cl2N3O2. The zero-order chi connectivity index (χ0) is 14.7. The average Bonchev–Trinajstić information content (AvgIpc) is 2.31. The van der Waals surface area contributed by atoms with Gasteiger partial charge >= 0.3 is 0 Å². The molecule has 0 aliphatic carbocycles. The van der Waals surface area contributed by atoms with Crippen LogP contribution in [0, 0.1) is 0 Å². The number of hydrogen-bond donors (Lipinski definition) is 2. The van der Waals surface area contributed by atoms with Crippen LogP contribution in [0.1, 0.15) is 24.2 Å². The summed E-state index contributed by atoms with van der Waals surface area (Å²) in [5, 5.41) is 0.386. The number of benzene rings is 1. The number of rotatable bonds is 4. The Kier molecular flexibility index (Phi) is 5.03. The normalized spacial score (nSPS) is 10.6. The van der Waals surface area contributed by atoms with E-state index >= 15 is 0 Å². The van der Waals surface area contributed by atoms with Crippen molar-refractivity contribution in [1.29, 1.82) is 0 Å². The molecular weight excluding hydrogens is 289 g/mol. The molecule has 0 heterocycles. The van der Waals surface area contributed by atoms with E-state index in [9.17, 15) is 9.59 Å². The Bertz CT molecular complexity index is 495. The number of hydrogen-bond acceptors (Lipinski definition) is 3. The van der Waals surface area contributed by atoms with Gasteiger partial charge in [-0.05, 0) is 26.0 Å². The average molecular weight is 304 g/mol. The SMILES string of the molecule is CC(C)N(CC(N)=O)C(=O)c1cc(Cl)c(N)c(Cl)c1. The first-order chi connectivity index (χ1) is 8.73. The van der Waals surface area contributed by atoms with Crippen molar-refractivity contribution in [3.8, 4) is 0 Å². The summed E-state index contributed by atoms with van der Waals surface area (Å²) in [5.41, 5.74) is 11.2. The van der Waals surface area contributed by atoms with Crippen molar-refractivity contribution in [1.82, 2.24) is 4.90 Å². The molecule has 0 fully saturated rings. The van der Waals surface area contributed by atoms with Gasteiger partial charge in [-0.1, -0.05) is 23.2 Å². The zero-order valence-corrected chi connectivity index (χ0v) is 12.1. The van der Waals surface area contributed by atoms with E-state index in [0.29, 0.717) is 0 Å². The maximum atomic E-state index is 12.3. The van der Waals surface area contributed by atoms with Crippen LogP contribution in [-0.2, 0) is 4.79 Å². The van der Waals surface area contributed by atoms with Gasteiger partial charge in [-0.2, -0.15) is 0 Å². The molecule has 0 saturated heterocycles. The fraction of sp³-hybridized carbons (Fsp3) is 0.333. The number of nitrogen functional groups attached to an aromatic ring is 1. The Morgan fingerprint density at radius 2 is 1.74 bits per heavy atom. The van der Waals surface area contributed by atoms with E-state index in [1.807, 2.05) is 0 Å². The maximum absolute atomic E-state index is 12.3. The molecule has 104 valence electrons. The Balaban J connectivity index is 3.13. The van der Waals surface area contributed by atoms with Crippen LogP contribution < -0.4 is 11.5 Å². The summed E-state index contributed by atoms with van der Waals surface area (Å²) in [4.78, 5) is 24.6. The topological polar surface area (TPSA) is 89.4 Å². The number of nitrogens with zero attached hydrogens (tertiary/aromatic N) is 1. The number of primary amides is 1. The molecule has 0 aromatic heterocycles. The Hall–Kier alpha value is -1.46. The minimum atomic E-state index is -0.588. The van der Waals surface area contributed by atoms with Crippen LogP contribution in [0.4, 0.5) is 5.69 Å². The zero-order valence-electron chi connectivity index (χ0n) is 10.6. The van der Waals surface area contributed by atoms with Crippen LogP contribution in [0.5, 0.6) is 0 Å². The summed E-state index contributed by atoms with van der Waals surface area (Å²) in [6.07, 6.45) is 0. The molecule has 19 heavy (non-hydrogen) atoms. The highest BCUT2D eigenvalue weighted by molar-refractivity contribution is 6.39. The molecule has 0 atom stereocenters. The summed E-state index contributed by atoms with van der Waals surface area (Å²) < 4.78 is 0. The molecule has 0 unspecified atom stereocenters. The number of amides is 2. The van der Waals surface area contributed by atoms with E-state index in [1.54, 1.807) is 13.8 Å². The smallest absolute Gasteiger partial charge is 0.254 e. The van der Waals surface area contributed by atoms with Crippen LogP contribution in [0.3, 0.4) is 0 Å². The van der Waals surface area contributed by atoms with Crippen molar-refractivity contribution >= 4 is 40.7 Å². The van der Waals surface area contributed by atoms with Gasteiger partial charge in [-0.15, -0.1) is 0 Å². The second-order valence-electron chi connectivity index (χ2n) is 4.35. The van der Waals surface area contributed by atoms with Gasteiger partial charge in [0.2, 0.25) is 5.91 Å². The minimum absolute atomic E-state index is 0.171. The van der Waals surface area contributed by atoms with Crippen molar-refractivity contribution in [2.75, 3.05) is 12.3 Å². The number of halogens is 2. The van der Waals surface area contributed by atoms with E-state index in [1.165, 1.54) is 17.0 Å². The molecule has 7 heteroatoms. The van der Waals surface area contributed by atoms with Gasteiger partial charge in [0.25, 0.3) is 5.91 Å². The van der Waals surface area contributed by atoms with E-state index < -0.39 is 5.91 Å². The van der Waals surface area contributed by atoms with Crippen LogP contribution in [0.2, 0.25) is 10.0 Å². The highest BCUT2D eigenvalue weighted by Crippen LogP contribution is 2.29. The molecule has 4 N–H and O–H groups in total. The number of carbonyl (C=O) groups is 2. The lowest BCUT2D eigenvalue weighted by Gasteiger charge is -2.25. The van der Waals surface area contributed by atoms with Crippen LogP contribution in [0.25, 0.3) is 0 Å². The van der Waals surface area contributed by atoms with Gasteiger partial charge in [0, 0.05) is 11.6 Å². The fourth-order valence-electron chi connectivity index (χ4n) is 1.53. The first-order valence-corrected chi connectivity index (χ1v) is 6.33. The third-order valence-electron chi connectivity index (χ3n) is 2.54. The highest BCUT2D eigenvalue weighted by atomic mass is 35.5. The summed E-state index contributed by atoms with van der Waals surface area (Å²) in [5.74, 6) is -0.965. The van der Waals surface area contributed by atoms with E-state index in [4.69, 9.17) is 34.7 Å². The molecule has 0 aliphatic rings. The van der Waals surface area contributed by atoms with E-state index in [-0.39, 0.29) is 39.8 Å². The second kappa shape index (κ2) is 6.12. The molecule has 1 aromatic carbocycles. The van der Waals surface area contributed by atoms with E-state index in [2.05, 4.69) is 0 Å². The third-order valence-corrected chi connectivity index (χ3v) is 3.16. The minimum Gasteiger partial charge on any atom is -0.396 e. The lowest BCUT2D eigenvalue weighted by atomic mass is 10.1. The molecule has 0 saturated carbocycles. The Labute approximate surface area is 121 Å². The summed E-state index contributed by atoms with van der Waals surface area (Å²) in [6.45, 7) is 3.39. The fourth-order valence-corrected chi connectivity index (χ4v) is 2.02. The molecule has 0 spiro atoms. The molecule has 0 aliphatic heterocycles. The second-order valence-corrected chi connectivity index (χ2v) is 5.16. The molecule has 5 nitrogen and oxygen atoms in total. The van der Waals surface area contributed by atoms with Crippen molar-refractivity contribution < 1.29 is 9.59 Å². The van der Waals surface area contributed by atoms with Crippen molar-refractivity contribution in [2.45, 2.75) is 19.9 Å². The monoisotopic (exact) mass is 303 g/mol. The largest absolute Gasteiger partial charge is 0.396 e.